The lowest BCUT2D eigenvalue weighted by molar-refractivity contribution is 0.106. The summed E-state index contributed by atoms with van der Waals surface area (Å²) in [4.78, 5) is 4.76. The Bertz CT molecular complexity index is 507. The number of rotatable bonds is 9. The average molecular weight is 306 g/mol. The van der Waals surface area contributed by atoms with E-state index in [1.54, 1.807) is 7.11 Å². The van der Waals surface area contributed by atoms with Gasteiger partial charge in [0.2, 0.25) is 0 Å². The molecule has 2 aromatic rings. The van der Waals surface area contributed by atoms with Crippen LogP contribution in [0.3, 0.4) is 0 Å². The molecule has 0 spiro atoms. The Kier molecular flexibility index (Phi) is 6.61. The molecule has 0 radical (unpaired) electrons. The van der Waals surface area contributed by atoms with Crippen LogP contribution in [0.4, 0.5) is 0 Å². The minimum Gasteiger partial charge on any atom is -0.382 e. The van der Waals surface area contributed by atoms with Crippen molar-refractivity contribution in [2.75, 3.05) is 13.7 Å². The molecular weight excluding hydrogens is 280 g/mol. The van der Waals surface area contributed by atoms with E-state index in [-0.39, 0.29) is 0 Å². The van der Waals surface area contributed by atoms with Gasteiger partial charge in [0.1, 0.15) is 0 Å². The highest BCUT2D eigenvalue weighted by molar-refractivity contribution is 7.18. The SMILES string of the molecule is CCCNC(CCC(C)OC)Cc1nc2ccccc2s1. The number of para-hydroxylation sites is 1. The van der Waals surface area contributed by atoms with Gasteiger partial charge in [-0.05, 0) is 44.9 Å². The standard InChI is InChI=1S/C17H26N2OS/c1-4-11-18-14(10-9-13(2)20-3)12-17-19-15-7-5-6-8-16(15)21-17/h5-8,13-14,18H,4,9-12H2,1-3H3. The van der Waals surface area contributed by atoms with Crippen LogP contribution in [0, 0.1) is 0 Å². The molecule has 1 aromatic heterocycles. The predicted molar refractivity (Wildman–Crippen MR) is 91.1 cm³/mol. The lowest BCUT2D eigenvalue weighted by atomic mass is 10.1. The quantitative estimate of drug-likeness (QED) is 0.759. The fourth-order valence-electron chi connectivity index (χ4n) is 2.40. The second-order valence-electron chi connectivity index (χ2n) is 5.55. The molecule has 0 aliphatic rings. The van der Waals surface area contributed by atoms with E-state index in [1.165, 1.54) is 9.71 Å². The van der Waals surface area contributed by atoms with E-state index < -0.39 is 0 Å². The molecule has 0 fully saturated rings. The Morgan fingerprint density at radius 2 is 2.10 bits per heavy atom. The van der Waals surface area contributed by atoms with Gasteiger partial charge in [-0.25, -0.2) is 4.98 Å². The molecule has 0 saturated heterocycles. The number of nitrogens with zero attached hydrogens (tertiary/aromatic N) is 1. The first-order chi connectivity index (χ1) is 10.2. The van der Waals surface area contributed by atoms with E-state index in [1.807, 2.05) is 11.3 Å². The molecule has 0 aliphatic heterocycles. The molecule has 2 unspecified atom stereocenters. The minimum atomic E-state index is 0.325. The molecule has 0 bridgehead atoms. The zero-order valence-electron chi connectivity index (χ0n) is 13.3. The smallest absolute Gasteiger partial charge is 0.0954 e. The first kappa shape index (κ1) is 16.4. The fraction of sp³-hybridized carbons (Fsp3) is 0.588. The van der Waals surface area contributed by atoms with E-state index in [0.717, 1.165) is 37.7 Å². The van der Waals surface area contributed by atoms with Gasteiger partial charge in [-0.1, -0.05) is 19.1 Å². The monoisotopic (exact) mass is 306 g/mol. The van der Waals surface area contributed by atoms with Crippen molar-refractivity contribution in [2.24, 2.45) is 0 Å². The molecule has 116 valence electrons. The third-order valence-electron chi connectivity index (χ3n) is 3.77. The summed E-state index contributed by atoms with van der Waals surface area (Å²) >= 11 is 1.82. The first-order valence-corrected chi connectivity index (χ1v) is 8.65. The summed E-state index contributed by atoms with van der Waals surface area (Å²) in [7, 11) is 1.78. The Hall–Kier alpha value is -0.970. The van der Waals surface area contributed by atoms with Gasteiger partial charge in [0.25, 0.3) is 0 Å². The maximum Gasteiger partial charge on any atom is 0.0954 e. The van der Waals surface area contributed by atoms with E-state index in [0.29, 0.717) is 12.1 Å². The summed E-state index contributed by atoms with van der Waals surface area (Å²) in [6, 6.07) is 8.87. The Morgan fingerprint density at radius 3 is 2.81 bits per heavy atom. The van der Waals surface area contributed by atoms with Crippen LogP contribution in [0.5, 0.6) is 0 Å². The fourth-order valence-corrected chi connectivity index (χ4v) is 3.44. The highest BCUT2D eigenvalue weighted by atomic mass is 32.1. The molecule has 1 N–H and O–H groups in total. The third-order valence-corrected chi connectivity index (χ3v) is 4.82. The summed E-state index contributed by atoms with van der Waals surface area (Å²) in [5.74, 6) is 0. The number of aromatic nitrogens is 1. The van der Waals surface area contributed by atoms with Gasteiger partial charge in [0, 0.05) is 19.6 Å². The van der Waals surface area contributed by atoms with Gasteiger partial charge >= 0.3 is 0 Å². The van der Waals surface area contributed by atoms with Crippen molar-refractivity contribution < 1.29 is 4.74 Å². The van der Waals surface area contributed by atoms with Crippen LogP contribution in [0.25, 0.3) is 10.2 Å². The van der Waals surface area contributed by atoms with E-state index in [9.17, 15) is 0 Å². The van der Waals surface area contributed by atoms with Gasteiger partial charge in [0.05, 0.1) is 21.3 Å². The highest BCUT2D eigenvalue weighted by Gasteiger charge is 2.13. The van der Waals surface area contributed by atoms with Gasteiger partial charge in [-0.15, -0.1) is 11.3 Å². The van der Waals surface area contributed by atoms with E-state index in [4.69, 9.17) is 9.72 Å². The highest BCUT2D eigenvalue weighted by Crippen LogP contribution is 2.23. The van der Waals surface area contributed by atoms with Crippen molar-refractivity contribution in [1.29, 1.82) is 0 Å². The molecule has 21 heavy (non-hydrogen) atoms. The van der Waals surface area contributed by atoms with Crippen LogP contribution >= 0.6 is 11.3 Å². The summed E-state index contributed by atoms with van der Waals surface area (Å²) in [6.45, 7) is 5.41. The second kappa shape index (κ2) is 8.47. The largest absolute Gasteiger partial charge is 0.382 e. The molecule has 0 amide bonds. The van der Waals surface area contributed by atoms with Gasteiger partial charge in [0.15, 0.2) is 0 Å². The van der Waals surface area contributed by atoms with E-state index in [2.05, 4.69) is 43.4 Å². The number of hydrogen-bond acceptors (Lipinski definition) is 4. The first-order valence-electron chi connectivity index (χ1n) is 7.83. The van der Waals surface area contributed by atoms with Crippen molar-refractivity contribution in [3.63, 3.8) is 0 Å². The number of hydrogen-bond donors (Lipinski definition) is 1. The summed E-state index contributed by atoms with van der Waals surface area (Å²) < 4.78 is 6.65. The average Bonchev–Trinajstić information content (AvgIpc) is 2.91. The molecular formula is C17H26N2OS. The van der Waals surface area contributed by atoms with Crippen molar-refractivity contribution in [2.45, 2.75) is 51.7 Å². The summed E-state index contributed by atoms with van der Waals surface area (Å²) in [5.41, 5.74) is 1.12. The van der Waals surface area contributed by atoms with E-state index >= 15 is 0 Å². The minimum absolute atomic E-state index is 0.325. The number of thiazole rings is 1. The van der Waals surface area contributed by atoms with Crippen molar-refractivity contribution in [3.8, 4) is 0 Å². The van der Waals surface area contributed by atoms with Gasteiger partial charge in [-0.3, -0.25) is 0 Å². The van der Waals surface area contributed by atoms with Crippen molar-refractivity contribution in [3.05, 3.63) is 29.3 Å². The second-order valence-corrected chi connectivity index (χ2v) is 6.67. The Labute approximate surface area is 131 Å². The number of ether oxygens (including phenoxy) is 1. The third kappa shape index (κ3) is 5.06. The number of methoxy groups -OCH3 is 1. The Balaban J connectivity index is 1.98. The molecule has 1 aromatic carbocycles. The normalized spacial score (nSPS) is 14.4. The van der Waals surface area contributed by atoms with Crippen LogP contribution in [-0.2, 0) is 11.2 Å². The predicted octanol–water partition coefficient (Wildman–Crippen LogP) is 4.02. The summed E-state index contributed by atoms with van der Waals surface area (Å²) in [5, 5.41) is 4.88. The van der Waals surface area contributed by atoms with Crippen LogP contribution in [-0.4, -0.2) is 30.8 Å². The molecule has 0 saturated carbocycles. The van der Waals surface area contributed by atoms with Crippen molar-refractivity contribution >= 4 is 21.6 Å². The molecule has 3 nitrogen and oxygen atoms in total. The topological polar surface area (TPSA) is 34.1 Å². The maximum absolute atomic E-state index is 5.36. The van der Waals surface area contributed by atoms with Crippen molar-refractivity contribution in [1.82, 2.24) is 10.3 Å². The molecule has 2 atom stereocenters. The Morgan fingerprint density at radius 1 is 1.29 bits per heavy atom. The zero-order valence-corrected chi connectivity index (χ0v) is 14.1. The lowest BCUT2D eigenvalue weighted by Gasteiger charge is -2.19. The molecule has 0 aliphatic carbocycles. The number of fused-ring (bicyclic) bond motifs is 1. The van der Waals surface area contributed by atoms with Crippen LogP contribution < -0.4 is 5.32 Å². The van der Waals surface area contributed by atoms with Crippen LogP contribution in [0.15, 0.2) is 24.3 Å². The van der Waals surface area contributed by atoms with Gasteiger partial charge in [-0.2, -0.15) is 0 Å². The van der Waals surface area contributed by atoms with Crippen LogP contribution in [0.2, 0.25) is 0 Å². The molecule has 1 heterocycles. The number of benzene rings is 1. The lowest BCUT2D eigenvalue weighted by Crippen LogP contribution is -2.32. The zero-order chi connectivity index (χ0) is 15.1. The molecule has 2 rings (SSSR count). The van der Waals surface area contributed by atoms with Gasteiger partial charge < -0.3 is 10.1 Å². The maximum atomic E-state index is 5.36. The van der Waals surface area contributed by atoms with Crippen LogP contribution in [0.1, 0.15) is 38.1 Å². The summed E-state index contributed by atoms with van der Waals surface area (Å²) in [6.07, 6.45) is 4.71. The number of nitrogens with one attached hydrogen (secondary N) is 1. The molecule has 4 heteroatoms.